The number of benzene rings is 1. The highest BCUT2D eigenvalue weighted by molar-refractivity contribution is 5.82. The van der Waals surface area contributed by atoms with E-state index in [2.05, 4.69) is 5.32 Å². The Labute approximate surface area is 125 Å². The summed E-state index contributed by atoms with van der Waals surface area (Å²) < 4.78 is 0. The Hall–Kier alpha value is -1.88. The minimum Gasteiger partial charge on any atom is -0.481 e. The van der Waals surface area contributed by atoms with Crippen molar-refractivity contribution in [2.24, 2.45) is 5.73 Å². The van der Waals surface area contributed by atoms with Gasteiger partial charge in [0, 0.05) is 6.04 Å². The number of hydrogen-bond acceptors (Lipinski definition) is 3. The van der Waals surface area contributed by atoms with Crippen molar-refractivity contribution in [3.63, 3.8) is 0 Å². The van der Waals surface area contributed by atoms with Crippen LogP contribution >= 0.6 is 0 Å². The van der Waals surface area contributed by atoms with Gasteiger partial charge in [-0.05, 0) is 24.8 Å². The molecule has 2 atom stereocenters. The molecular formula is C16H24N2O3. The number of nitrogens with one attached hydrogen (secondary N) is 1. The molecule has 1 amide bonds. The molecule has 0 aliphatic carbocycles. The molecule has 0 aliphatic heterocycles. The first-order valence-electron chi connectivity index (χ1n) is 7.34. The second-order valence-corrected chi connectivity index (χ2v) is 5.22. The highest BCUT2D eigenvalue weighted by atomic mass is 16.4. The number of aryl methyl sites for hydroxylation is 1. The van der Waals surface area contributed by atoms with Crippen LogP contribution in [0.25, 0.3) is 0 Å². The van der Waals surface area contributed by atoms with E-state index in [1.54, 1.807) is 0 Å². The molecule has 0 spiro atoms. The lowest BCUT2D eigenvalue weighted by Crippen LogP contribution is -2.46. The summed E-state index contributed by atoms with van der Waals surface area (Å²) >= 11 is 0. The number of aliphatic carboxylic acids is 1. The number of amides is 1. The van der Waals surface area contributed by atoms with Crippen molar-refractivity contribution in [3.05, 3.63) is 35.9 Å². The molecule has 0 bridgehead atoms. The molecule has 0 saturated carbocycles. The standard InChI is InChI=1S/C16H24N2O3/c1-2-6-13(11-15(19)20)18-16(21)14(17)10-9-12-7-4-3-5-8-12/h3-5,7-8,13-14H,2,6,9-11,17H2,1H3,(H,18,21)(H,19,20). The van der Waals surface area contributed by atoms with Crippen LogP contribution in [0.15, 0.2) is 30.3 Å². The average Bonchev–Trinajstić information content (AvgIpc) is 2.45. The monoisotopic (exact) mass is 292 g/mol. The van der Waals surface area contributed by atoms with Gasteiger partial charge in [-0.25, -0.2) is 0 Å². The van der Waals surface area contributed by atoms with Crippen LogP contribution < -0.4 is 11.1 Å². The van der Waals surface area contributed by atoms with Gasteiger partial charge in [0.15, 0.2) is 0 Å². The van der Waals surface area contributed by atoms with Gasteiger partial charge in [-0.15, -0.1) is 0 Å². The Kier molecular flexibility index (Phi) is 7.46. The number of hydrogen-bond donors (Lipinski definition) is 3. The second kappa shape index (κ2) is 9.13. The summed E-state index contributed by atoms with van der Waals surface area (Å²) in [5, 5.41) is 11.6. The van der Waals surface area contributed by atoms with E-state index in [1.807, 2.05) is 37.3 Å². The molecule has 1 aromatic rings. The first-order valence-corrected chi connectivity index (χ1v) is 7.34. The Morgan fingerprint density at radius 3 is 2.48 bits per heavy atom. The van der Waals surface area contributed by atoms with Crippen molar-refractivity contribution >= 4 is 11.9 Å². The van der Waals surface area contributed by atoms with Crippen LogP contribution in [0.5, 0.6) is 0 Å². The van der Waals surface area contributed by atoms with Crippen molar-refractivity contribution < 1.29 is 14.7 Å². The lowest BCUT2D eigenvalue weighted by Gasteiger charge is -2.19. The molecule has 0 radical (unpaired) electrons. The first-order chi connectivity index (χ1) is 10.0. The summed E-state index contributed by atoms with van der Waals surface area (Å²) in [7, 11) is 0. The van der Waals surface area contributed by atoms with E-state index in [4.69, 9.17) is 10.8 Å². The molecule has 0 aliphatic rings. The van der Waals surface area contributed by atoms with Gasteiger partial charge in [-0.1, -0.05) is 43.7 Å². The fourth-order valence-electron chi connectivity index (χ4n) is 2.19. The minimum atomic E-state index is -0.911. The van der Waals surface area contributed by atoms with Crippen LogP contribution in [-0.4, -0.2) is 29.1 Å². The Balaban J connectivity index is 2.43. The predicted octanol–water partition coefficient (Wildman–Crippen LogP) is 1.71. The predicted molar refractivity (Wildman–Crippen MR) is 81.8 cm³/mol. The highest BCUT2D eigenvalue weighted by Crippen LogP contribution is 2.06. The molecule has 0 aromatic heterocycles. The number of carboxylic acid groups (broad SMARTS) is 1. The van der Waals surface area contributed by atoms with Crippen LogP contribution in [0.2, 0.25) is 0 Å². The molecule has 0 fully saturated rings. The molecule has 116 valence electrons. The van der Waals surface area contributed by atoms with Crippen LogP contribution in [0.4, 0.5) is 0 Å². The van der Waals surface area contributed by atoms with Gasteiger partial charge in [-0.3, -0.25) is 9.59 Å². The van der Waals surface area contributed by atoms with Crippen molar-refractivity contribution in [2.45, 2.75) is 51.1 Å². The topological polar surface area (TPSA) is 92.4 Å². The second-order valence-electron chi connectivity index (χ2n) is 5.22. The largest absolute Gasteiger partial charge is 0.481 e. The van der Waals surface area contributed by atoms with Gasteiger partial charge in [0.05, 0.1) is 12.5 Å². The highest BCUT2D eigenvalue weighted by Gasteiger charge is 2.19. The summed E-state index contributed by atoms with van der Waals surface area (Å²) in [5.74, 6) is -1.18. The normalized spacial score (nSPS) is 13.4. The summed E-state index contributed by atoms with van der Waals surface area (Å²) in [6.45, 7) is 1.95. The molecule has 5 nitrogen and oxygen atoms in total. The molecule has 0 saturated heterocycles. The third-order valence-corrected chi connectivity index (χ3v) is 3.33. The maximum atomic E-state index is 12.0. The Morgan fingerprint density at radius 1 is 1.24 bits per heavy atom. The van der Waals surface area contributed by atoms with E-state index in [1.165, 1.54) is 0 Å². The van der Waals surface area contributed by atoms with Gasteiger partial charge >= 0.3 is 5.97 Å². The molecule has 0 heterocycles. The molecule has 2 unspecified atom stereocenters. The van der Waals surface area contributed by atoms with E-state index in [0.717, 1.165) is 18.4 Å². The van der Waals surface area contributed by atoms with Crippen LogP contribution in [-0.2, 0) is 16.0 Å². The van der Waals surface area contributed by atoms with E-state index < -0.39 is 12.0 Å². The van der Waals surface area contributed by atoms with Gasteiger partial charge < -0.3 is 16.2 Å². The third-order valence-electron chi connectivity index (χ3n) is 3.33. The van der Waals surface area contributed by atoms with Gasteiger partial charge in [0.25, 0.3) is 0 Å². The van der Waals surface area contributed by atoms with Crippen molar-refractivity contribution in [2.75, 3.05) is 0 Å². The molecule has 1 aromatic carbocycles. The Bertz CT molecular complexity index is 448. The molecular weight excluding hydrogens is 268 g/mol. The average molecular weight is 292 g/mol. The number of rotatable bonds is 9. The fraction of sp³-hybridized carbons (Fsp3) is 0.500. The molecule has 5 heteroatoms. The summed E-state index contributed by atoms with van der Waals surface area (Å²) in [4.78, 5) is 22.8. The van der Waals surface area contributed by atoms with Crippen LogP contribution in [0.3, 0.4) is 0 Å². The van der Waals surface area contributed by atoms with E-state index >= 15 is 0 Å². The zero-order valence-electron chi connectivity index (χ0n) is 12.4. The lowest BCUT2D eigenvalue weighted by molar-refractivity contribution is -0.137. The number of carbonyl (C=O) groups is 2. The van der Waals surface area contributed by atoms with Gasteiger partial charge in [-0.2, -0.15) is 0 Å². The zero-order chi connectivity index (χ0) is 15.7. The number of nitrogens with two attached hydrogens (primary N) is 1. The maximum Gasteiger partial charge on any atom is 0.305 e. The smallest absolute Gasteiger partial charge is 0.305 e. The van der Waals surface area contributed by atoms with Crippen molar-refractivity contribution in [1.82, 2.24) is 5.32 Å². The van der Waals surface area contributed by atoms with Gasteiger partial charge in [0.1, 0.15) is 0 Å². The Morgan fingerprint density at radius 2 is 1.90 bits per heavy atom. The van der Waals surface area contributed by atoms with E-state index in [-0.39, 0.29) is 18.4 Å². The van der Waals surface area contributed by atoms with E-state index in [0.29, 0.717) is 12.8 Å². The summed E-state index contributed by atoms with van der Waals surface area (Å²) in [5.41, 5.74) is 7.02. The first kappa shape index (κ1) is 17.2. The van der Waals surface area contributed by atoms with Crippen molar-refractivity contribution in [3.8, 4) is 0 Å². The van der Waals surface area contributed by atoms with Gasteiger partial charge in [0.2, 0.25) is 5.91 Å². The molecule has 4 N–H and O–H groups in total. The van der Waals surface area contributed by atoms with E-state index in [9.17, 15) is 9.59 Å². The number of carboxylic acids is 1. The van der Waals surface area contributed by atoms with Crippen LogP contribution in [0.1, 0.15) is 38.2 Å². The van der Waals surface area contributed by atoms with Crippen LogP contribution in [0, 0.1) is 0 Å². The molecule has 1 rings (SSSR count). The summed E-state index contributed by atoms with van der Waals surface area (Å²) in [6, 6.07) is 8.87. The summed E-state index contributed by atoms with van der Waals surface area (Å²) in [6.07, 6.45) is 2.67. The zero-order valence-corrected chi connectivity index (χ0v) is 12.4. The lowest BCUT2D eigenvalue weighted by atomic mass is 10.0. The minimum absolute atomic E-state index is 0.0645. The van der Waals surface area contributed by atoms with Crippen molar-refractivity contribution in [1.29, 1.82) is 0 Å². The fourth-order valence-corrected chi connectivity index (χ4v) is 2.19. The SMILES string of the molecule is CCCC(CC(=O)O)NC(=O)C(N)CCc1ccccc1. The maximum absolute atomic E-state index is 12.0. The molecule has 21 heavy (non-hydrogen) atoms. The number of carbonyl (C=O) groups excluding carboxylic acids is 1. The quantitative estimate of drug-likeness (QED) is 0.646. The third kappa shape index (κ3) is 6.90.